The van der Waals surface area contributed by atoms with Crippen LogP contribution in [0.15, 0.2) is 120 Å². The van der Waals surface area contributed by atoms with Crippen molar-refractivity contribution in [3.63, 3.8) is 0 Å². The summed E-state index contributed by atoms with van der Waals surface area (Å²) >= 11 is 3.76. The molecule has 0 saturated heterocycles. The van der Waals surface area contributed by atoms with Gasteiger partial charge in [0.05, 0.1) is 5.41 Å². The summed E-state index contributed by atoms with van der Waals surface area (Å²) in [6.45, 7) is 0. The van der Waals surface area contributed by atoms with Crippen molar-refractivity contribution in [1.29, 1.82) is 0 Å². The summed E-state index contributed by atoms with van der Waals surface area (Å²) in [6.07, 6.45) is 0. The van der Waals surface area contributed by atoms with Gasteiger partial charge in [0.15, 0.2) is 0 Å². The van der Waals surface area contributed by atoms with Crippen molar-refractivity contribution in [3.8, 4) is 11.1 Å². The Hall–Kier alpha value is -3.16. The molecule has 1 heteroatoms. The molecule has 0 radical (unpaired) electrons. The number of halogens is 1. The molecule has 30 heavy (non-hydrogen) atoms. The molecule has 0 aromatic heterocycles. The second-order valence-electron chi connectivity index (χ2n) is 7.88. The Bertz CT molecular complexity index is 1350. The first-order valence-electron chi connectivity index (χ1n) is 10.2. The third-order valence-electron chi connectivity index (χ3n) is 6.39. The molecule has 0 aliphatic heterocycles. The zero-order valence-corrected chi connectivity index (χ0v) is 17.9. The van der Waals surface area contributed by atoms with Crippen LogP contribution in [0.2, 0.25) is 0 Å². The van der Waals surface area contributed by atoms with E-state index in [1.54, 1.807) is 0 Å². The Balaban J connectivity index is 1.89. The molecule has 1 aliphatic rings. The fourth-order valence-electron chi connectivity index (χ4n) is 5.24. The largest absolute Gasteiger partial charge is 0.0719 e. The number of fused-ring (bicyclic) bond motifs is 5. The zero-order chi connectivity index (χ0) is 20.1. The van der Waals surface area contributed by atoms with Gasteiger partial charge < -0.3 is 0 Å². The average molecular weight is 447 g/mol. The van der Waals surface area contributed by atoms with Crippen LogP contribution in [-0.4, -0.2) is 0 Å². The smallest absolute Gasteiger partial charge is 0.0622 e. The Morgan fingerprint density at radius 1 is 0.533 bits per heavy atom. The maximum Gasteiger partial charge on any atom is 0.0719 e. The maximum atomic E-state index is 3.76. The third kappa shape index (κ3) is 2.33. The van der Waals surface area contributed by atoms with Gasteiger partial charge in [-0.15, -0.1) is 0 Å². The van der Waals surface area contributed by atoms with Crippen molar-refractivity contribution in [3.05, 3.63) is 142 Å². The minimum atomic E-state index is -0.363. The molecule has 0 nitrogen and oxygen atoms in total. The quantitative estimate of drug-likeness (QED) is 0.253. The van der Waals surface area contributed by atoms with E-state index in [-0.39, 0.29) is 5.41 Å². The Labute approximate surface area is 185 Å². The number of hydrogen-bond acceptors (Lipinski definition) is 0. The molecular weight excluding hydrogens is 428 g/mol. The lowest BCUT2D eigenvalue weighted by atomic mass is 9.67. The van der Waals surface area contributed by atoms with E-state index in [0.717, 1.165) is 4.47 Å². The Morgan fingerprint density at radius 3 is 1.83 bits per heavy atom. The lowest BCUT2D eigenvalue weighted by Crippen LogP contribution is -2.28. The van der Waals surface area contributed by atoms with E-state index < -0.39 is 0 Å². The molecule has 6 rings (SSSR count). The van der Waals surface area contributed by atoms with Gasteiger partial charge in [-0.3, -0.25) is 0 Å². The van der Waals surface area contributed by atoms with Crippen molar-refractivity contribution in [2.75, 3.05) is 0 Å². The summed E-state index contributed by atoms with van der Waals surface area (Å²) in [4.78, 5) is 0. The minimum Gasteiger partial charge on any atom is -0.0622 e. The second-order valence-corrected chi connectivity index (χ2v) is 8.80. The predicted octanol–water partition coefficient (Wildman–Crippen LogP) is 7.97. The highest BCUT2D eigenvalue weighted by Gasteiger charge is 2.47. The van der Waals surface area contributed by atoms with Gasteiger partial charge in [0.25, 0.3) is 0 Å². The van der Waals surface area contributed by atoms with Crippen LogP contribution in [0.1, 0.15) is 22.3 Å². The van der Waals surface area contributed by atoms with Crippen LogP contribution >= 0.6 is 15.9 Å². The topological polar surface area (TPSA) is 0 Å². The summed E-state index contributed by atoms with van der Waals surface area (Å²) in [5.74, 6) is 0. The van der Waals surface area contributed by atoms with E-state index in [1.807, 2.05) is 0 Å². The van der Waals surface area contributed by atoms with Crippen LogP contribution in [0, 0.1) is 0 Å². The molecule has 5 aromatic rings. The van der Waals surface area contributed by atoms with Crippen molar-refractivity contribution >= 4 is 26.7 Å². The van der Waals surface area contributed by atoms with E-state index in [0.29, 0.717) is 0 Å². The van der Waals surface area contributed by atoms with Crippen LogP contribution in [0.5, 0.6) is 0 Å². The lowest BCUT2D eigenvalue weighted by molar-refractivity contribution is 0.775. The summed E-state index contributed by atoms with van der Waals surface area (Å²) in [7, 11) is 0. The van der Waals surface area contributed by atoms with Crippen LogP contribution < -0.4 is 0 Å². The fraction of sp³-hybridized carbons (Fsp3) is 0.0345. The van der Waals surface area contributed by atoms with Crippen molar-refractivity contribution < 1.29 is 0 Å². The summed E-state index contributed by atoms with van der Waals surface area (Å²) in [5, 5.41) is 2.59. The van der Waals surface area contributed by atoms with E-state index >= 15 is 0 Å². The molecule has 1 aliphatic carbocycles. The van der Waals surface area contributed by atoms with Gasteiger partial charge in [-0.2, -0.15) is 0 Å². The van der Waals surface area contributed by atoms with Gasteiger partial charge in [0.2, 0.25) is 0 Å². The summed E-state index contributed by atoms with van der Waals surface area (Å²) < 4.78 is 1.11. The van der Waals surface area contributed by atoms with Gasteiger partial charge in [-0.25, -0.2) is 0 Å². The minimum absolute atomic E-state index is 0.363. The van der Waals surface area contributed by atoms with Crippen molar-refractivity contribution in [1.82, 2.24) is 0 Å². The standard InChI is InChI=1S/C29H19Br/c30-23-16-18-25-26-17-15-20-9-7-8-14-24(20)28(26)29(27(25)19-23,21-10-3-1-4-11-21)22-12-5-2-6-13-22/h1-19H. The van der Waals surface area contributed by atoms with Crippen LogP contribution in [0.4, 0.5) is 0 Å². The van der Waals surface area contributed by atoms with Gasteiger partial charge in [-0.05, 0) is 56.3 Å². The first-order chi connectivity index (χ1) is 14.8. The number of hydrogen-bond donors (Lipinski definition) is 0. The monoisotopic (exact) mass is 446 g/mol. The van der Waals surface area contributed by atoms with Crippen LogP contribution in [0.25, 0.3) is 21.9 Å². The molecule has 5 aromatic carbocycles. The van der Waals surface area contributed by atoms with Gasteiger partial charge in [0.1, 0.15) is 0 Å². The maximum absolute atomic E-state index is 3.76. The predicted molar refractivity (Wildman–Crippen MR) is 129 cm³/mol. The highest BCUT2D eigenvalue weighted by atomic mass is 79.9. The number of rotatable bonds is 2. The third-order valence-corrected chi connectivity index (χ3v) is 6.89. The average Bonchev–Trinajstić information content (AvgIpc) is 3.11. The molecular formula is C29H19Br. The molecule has 142 valence electrons. The zero-order valence-electron chi connectivity index (χ0n) is 16.3. The van der Waals surface area contributed by atoms with Gasteiger partial charge >= 0.3 is 0 Å². The first kappa shape index (κ1) is 17.7. The molecule has 0 unspecified atom stereocenters. The summed E-state index contributed by atoms with van der Waals surface area (Å²) in [5.41, 5.74) is 7.58. The SMILES string of the molecule is Brc1ccc2c(c1)C(c1ccccc1)(c1ccccc1)c1c-2ccc2ccccc12. The molecule has 0 heterocycles. The highest BCUT2D eigenvalue weighted by Crippen LogP contribution is 2.58. The first-order valence-corrected chi connectivity index (χ1v) is 11.0. The van der Waals surface area contributed by atoms with E-state index in [1.165, 1.54) is 44.2 Å². The van der Waals surface area contributed by atoms with Crippen molar-refractivity contribution in [2.24, 2.45) is 0 Å². The lowest BCUT2D eigenvalue weighted by Gasteiger charge is -2.34. The molecule has 0 spiro atoms. The highest BCUT2D eigenvalue weighted by molar-refractivity contribution is 9.10. The molecule has 0 saturated carbocycles. The number of benzene rings is 5. The summed E-state index contributed by atoms with van der Waals surface area (Å²) in [6, 6.07) is 42.0. The van der Waals surface area contributed by atoms with Gasteiger partial charge in [0, 0.05) is 4.47 Å². The van der Waals surface area contributed by atoms with E-state index in [4.69, 9.17) is 0 Å². The Morgan fingerprint density at radius 2 is 1.13 bits per heavy atom. The molecule has 0 atom stereocenters. The molecule has 0 bridgehead atoms. The fourth-order valence-corrected chi connectivity index (χ4v) is 5.60. The normalized spacial score (nSPS) is 13.8. The van der Waals surface area contributed by atoms with Crippen molar-refractivity contribution in [2.45, 2.75) is 5.41 Å². The van der Waals surface area contributed by atoms with Crippen LogP contribution in [0.3, 0.4) is 0 Å². The van der Waals surface area contributed by atoms with E-state index in [9.17, 15) is 0 Å². The Kier molecular flexibility index (Phi) is 3.94. The van der Waals surface area contributed by atoms with Gasteiger partial charge in [-0.1, -0.05) is 119 Å². The second kappa shape index (κ2) is 6.68. The van der Waals surface area contributed by atoms with Crippen LogP contribution in [-0.2, 0) is 5.41 Å². The molecule has 0 N–H and O–H groups in total. The van der Waals surface area contributed by atoms with E-state index in [2.05, 4.69) is 131 Å². The molecule has 0 fully saturated rings. The molecule has 0 amide bonds.